The SMILES string of the molecule is COc1cc(/C=N\N2CCN(Cc3ccc(C)cc3)CC2)ccc1OCc1ccccc1. The zero-order valence-corrected chi connectivity index (χ0v) is 18.9. The summed E-state index contributed by atoms with van der Waals surface area (Å²) < 4.78 is 11.5. The van der Waals surface area contributed by atoms with Crippen LogP contribution in [0.5, 0.6) is 11.5 Å². The van der Waals surface area contributed by atoms with Gasteiger partial charge in [0.1, 0.15) is 6.61 Å². The van der Waals surface area contributed by atoms with Crippen LogP contribution in [0.25, 0.3) is 0 Å². The van der Waals surface area contributed by atoms with Crippen LogP contribution < -0.4 is 9.47 Å². The normalized spacial score (nSPS) is 14.6. The fourth-order valence-corrected chi connectivity index (χ4v) is 3.73. The maximum atomic E-state index is 5.95. The lowest BCUT2D eigenvalue weighted by molar-refractivity contribution is 0.131. The number of hydrogen-bond donors (Lipinski definition) is 0. The van der Waals surface area contributed by atoms with Crippen LogP contribution in [0.1, 0.15) is 22.3 Å². The molecule has 0 atom stereocenters. The van der Waals surface area contributed by atoms with Crippen LogP contribution in [0.15, 0.2) is 77.9 Å². The Morgan fingerprint density at radius 3 is 2.31 bits per heavy atom. The van der Waals surface area contributed by atoms with Gasteiger partial charge in [0.15, 0.2) is 11.5 Å². The minimum absolute atomic E-state index is 0.511. The summed E-state index contributed by atoms with van der Waals surface area (Å²) in [6.07, 6.45) is 1.90. The lowest BCUT2D eigenvalue weighted by atomic mass is 10.1. The van der Waals surface area contributed by atoms with Crippen molar-refractivity contribution in [2.75, 3.05) is 33.3 Å². The van der Waals surface area contributed by atoms with E-state index in [1.54, 1.807) is 7.11 Å². The Labute approximate surface area is 190 Å². The largest absolute Gasteiger partial charge is 0.493 e. The van der Waals surface area contributed by atoms with Crippen molar-refractivity contribution in [3.63, 3.8) is 0 Å². The minimum Gasteiger partial charge on any atom is -0.493 e. The molecule has 5 heteroatoms. The first-order chi connectivity index (χ1) is 15.7. The van der Waals surface area contributed by atoms with E-state index < -0.39 is 0 Å². The maximum absolute atomic E-state index is 5.95. The van der Waals surface area contributed by atoms with Gasteiger partial charge in [-0.05, 0) is 41.8 Å². The number of benzene rings is 3. The third kappa shape index (κ3) is 6.11. The van der Waals surface area contributed by atoms with Crippen LogP contribution in [-0.4, -0.2) is 49.4 Å². The third-order valence-electron chi connectivity index (χ3n) is 5.67. The lowest BCUT2D eigenvalue weighted by Crippen LogP contribution is -2.43. The summed E-state index contributed by atoms with van der Waals surface area (Å²) in [7, 11) is 1.67. The number of nitrogens with zero attached hydrogens (tertiary/aromatic N) is 3. The highest BCUT2D eigenvalue weighted by atomic mass is 16.5. The number of hydrazone groups is 1. The molecule has 0 bridgehead atoms. The standard InChI is InChI=1S/C27H31N3O2/c1-22-8-10-23(11-9-22)20-29-14-16-30(17-15-29)28-19-25-12-13-26(27(18-25)31-2)32-21-24-6-4-3-5-7-24/h3-13,18-19H,14-17,20-21H2,1-2H3/b28-19-. The van der Waals surface area contributed by atoms with Crippen LogP contribution in [0.2, 0.25) is 0 Å². The van der Waals surface area contributed by atoms with E-state index in [-0.39, 0.29) is 0 Å². The predicted octanol–water partition coefficient (Wildman–Crippen LogP) is 4.73. The average Bonchev–Trinajstić information content (AvgIpc) is 2.84. The minimum atomic E-state index is 0.511. The van der Waals surface area contributed by atoms with Crippen molar-refractivity contribution in [2.24, 2.45) is 5.10 Å². The van der Waals surface area contributed by atoms with Crippen LogP contribution in [0.4, 0.5) is 0 Å². The molecule has 0 aromatic heterocycles. The van der Waals surface area contributed by atoms with Crippen LogP contribution >= 0.6 is 0 Å². The van der Waals surface area contributed by atoms with Gasteiger partial charge in [0, 0.05) is 32.7 Å². The van der Waals surface area contributed by atoms with Crippen molar-refractivity contribution >= 4 is 6.21 Å². The van der Waals surface area contributed by atoms with Crippen molar-refractivity contribution in [1.82, 2.24) is 9.91 Å². The fraction of sp³-hybridized carbons (Fsp3) is 0.296. The highest BCUT2D eigenvalue weighted by Gasteiger charge is 2.15. The van der Waals surface area contributed by atoms with Gasteiger partial charge in [-0.3, -0.25) is 9.91 Å². The molecule has 1 saturated heterocycles. The van der Waals surface area contributed by atoms with Crippen LogP contribution in [0, 0.1) is 6.92 Å². The van der Waals surface area contributed by atoms with Gasteiger partial charge < -0.3 is 9.47 Å². The predicted molar refractivity (Wildman–Crippen MR) is 129 cm³/mol. The summed E-state index contributed by atoms with van der Waals surface area (Å²) in [5, 5.41) is 6.83. The molecule has 32 heavy (non-hydrogen) atoms. The van der Waals surface area contributed by atoms with E-state index in [0.29, 0.717) is 12.4 Å². The van der Waals surface area contributed by atoms with Gasteiger partial charge >= 0.3 is 0 Å². The molecule has 0 spiro atoms. The van der Waals surface area contributed by atoms with E-state index in [0.717, 1.165) is 49.6 Å². The van der Waals surface area contributed by atoms with Crippen LogP contribution in [-0.2, 0) is 13.2 Å². The van der Waals surface area contributed by atoms with Gasteiger partial charge in [-0.2, -0.15) is 5.10 Å². The number of aryl methyl sites for hydroxylation is 1. The first-order valence-corrected chi connectivity index (χ1v) is 11.1. The zero-order chi connectivity index (χ0) is 22.2. The highest BCUT2D eigenvalue weighted by molar-refractivity contribution is 5.80. The summed E-state index contributed by atoms with van der Waals surface area (Å²) in [6, 6.07) is 24.9. The quantitative estimate of drug-likeness (QED) is 0.485. The Morgan fingerprint density at radius 2 is 1.59 bits per heavy atom. The van der Waals surface area contributed by atoms with Crippen molar-refractivity contribution in [1.29, 1.82) is 0 Å². The molecular formula is C27H31N3O2. The van der Waals surface area contributed by atoms with E-state index in [1.165, 1.54) is 11.1 Å². The second-order valence-electron chi connectivity index (χ2n) is 8.14. The summed E-state index contributed by atoms with van der Waals surface area (Å²) >= 11 is 0. The second kappa shape index (κ2) is 10.8. The number of ether oxygens (including phenoxy) is 2. The third-order valence-corrected chi connectivity index (χ3v) is 5.67. The Balaban J connectivity index is 1.29. The highest BCUT2D eigenvalue weighted by Crippen LogP contribution is 2.28. The van der Waals surface area contributed by atoms with Gasteiger partial charge in [0.2, 0.25) is 0 Å². The van der Waals surface area contributed by atoms with Gasteiger partial charge in [-0.1, -0.05) is 60.2 Å². The molecule has 4 rings (SSSR count). The number of hydrogen-bond acceptors (Lipinski definition) is 5. The first-order valence-electron chi connectivity index (χ1n) is 11.1. The molecule has 1 fully saturated rings. The number of piperazine rings is 1. The van der Waals surface area contributed by atoms with Gasteiger partial charge in [-0.15, -0.1) is 0 Å². The summed E-state index contributed by atoms with van der Waals surface area (Å²) in [6.45, 7) is 7.52. The van der Waals surface area contributed by atoms with E-state index in [9.17, 15) is 0 Å². The Hall–Kier alpha value is -3.31. The molecule has 0 radical (unpaired) electrons. The average molecular weight is 430 g/mol. The molecule has 0 saturated carbocycles. The Morgan fingerprint density at radius 1 is 0.844 bits per heavy atom. The smallest absolute Gasteiger partial charge is 0.161 e. The fourth-order valence-electron chi connectivity index (χ4n) is 3.73. The van der Waals surface area contributed by atoms with E-state index in [4.69, 9.17) is 14.6 Å². The zero-order valence-electron chi connectivity index (χ0n) is 18.9. The second-order valence-corrected chi connectivity index (χ2v) is 8.14. The number of methoxy groups -OCH3 is 1. The monoisotopic (exact) mass is 429 g/mol. The summed E-state index contributed by atoms with van der Waals surface area (Å²) in [5.41, 5.74) is 4.80. The topological polar surface area (TPSA) is 37.3 Å². The molecule has 1 aliphatic heterocycles. The molecule has 0 aliphatic carbocycles. The first kappa shape index (κ1) is 21.9. The molecule has 166 valence electrons. The maximum Gasteiger partial charge on any atom is 0.161 e. The lowest BCUT2D eigenvalue weighted by Gasteiger charge is -2.33. The number of rotatable bonds is 8. The molecule has 3 aromatic carbocycles. The molecule has 0 amide bonds. The molecule has 3 aromatic rings. The Bertz CT molecular complexity index is 1010. The molecule has 1 heterocycles. The molecular weight excluding hydrogens is 398 g/mol. The van der Waals surface area contributed by atoms with Crippen LogP contribution in [0.3, 0.4) is 0 Å². The summed E-state index contributed by atoms with van der Waals surface area (Å²) in [4.78, 5) is 2.48. The molecule has 1 aliphatic rings. The molecule has 5 nitrogen and oxygen atoms in total. The van der Waals surface area contributed by atoms with Gasteiger partial charge in [0.05, 0.1) is 13.3 Å². The van der Waals surface area contributed by atoms with Gasteiger partial charge in [-0.25, -0.2) is 0 Å². The van der Waals surface area contributed by atoms with Gasteiger partial charge in [0.25, 0.3) is 0 Å². The molecule has 0 N–H and O–H groups in total. The Kier molecular flexibility index (Phi) is 7.41. The molecule has 0 unspecified atom stereocenters. The van der Waals surface area contributed by atoms with Crippen molar-refractivity contribution in [3.05, 3.63) is 95.1 Å². The van der Waals surface area contributed by atoms with E-state index in [1.807, 2.05) is 54.7 Å². The van der Waals surface area contributed by atoms with E-state index in [2.05, 4.69) is 41.1 Å². The van der Waals surface area contributed by atoms with Crippen molar-refractivity contribution in [2.45, 2.75) is 20.1 Å². The van der Waals surface area contributed by atoms with Crippen molar-refractivity contribution in [3.8, 4) is 11.5 Å². The summed E-state index contributed by atoms with van der Waals surface area (Å²) in [5.74, 6) is 1.45. The van der Waals surface area contributed by atoms with E-state index >= 15 is 0 Å². The van der Waals surface area contributed by atoms with Crippen molar-refractivity contribution < 1.29 is 9.47 Å².